The third-order valence-electron chi connectivity index (χ3n) is 10.1. The Balaban J connectivity index is 1.11. The Hall–Kier alpha value is -4.54. The van der Waals surface area contributed by atoms with Crippen molar-refractivity contribution in [1.29, 1.82) is 0 Å². The number of para-hydroxylation sites is 2. The van der Waals surface area contributed by atoms with Gasteiger partial charge in [0, 0.05) is 50.6 Å². The van der Waals surface area contributed by atoms with Gasteiger partial charge in [-0.15, -0.1) is 0 Å². The molecule has 4 atom stereocenters. The van der Waals surface area contributed by atoms with E-state index in [1.54, 1.807) is 0 Å². The molecule has 2 fully saturated rings. The minimum absolute atomic E-state index is 0.00481. The first kappa shape index (κ1) is 33.0. The first-order chi connectivity index (χ1) is 23.9. The zero-order valence-corrected chi connectivity index (χ0v) is 28.0. The monoisotopic (exact) mass is 660 g/mol. The van der Waals surface area contributed by atoms with Crippen LogP contribution in [-0.2, 0) is 27.4 Å². The number of likely N-dealkylation sites (tertiary alicyclic amines) is 1. The second kappa shape index (κ2) is 14.5. The molecule has 5 aromatic rings. The van der Waals surface area contributed by atoms with E-state index in [1.807, 2.05) is 71.3 Å². The van der Waals surface area contributed by atoms with E-state index in [9.17, 15) is 14.7 Å². The standard InChI is InChI=1S/C40H44N4O5/c1-26-37(24-43-19-17-34(18-20-43)44-36-12-4-3-11-35(36)42-40(44)47)48-39(49-38(26)30-15-13-28(25-45)14-16-30)33-10-6-9-32(22-33)31-8-5-7-29(21-31)23-41-27(2)46/h3-16,21-22,26,34,37-39,45H,17-20,23-25H2,1-2H3,(H,41,46)(H,42,47). The maximum Gasteiger partial charge on any atom is 0.326 e. The van der Waals surface area contributed by atoms with E-state index in [1.165, 1.54) is 6.92 Å². The van der Waals surface area contributed by atoms with Crippen LogP contribution >= 0.6 is 0 Å². The Morgan fingerprint density at radius 1 is 0.878 bits per heavy atom. The van der Waals surface area contributed by atoms with E-state index < -0.39 is 6.29 Å². The summed E-state index contributed by atoms with van der Waals surface area (Å²) < 4.78 is 15.5. The molecule has 3 heterocycles. The molecule has 1 aromatic heterocycles. The molecule has 2 saturated heterocycles. The molecule has 9 heteroatoms. The Labute approximate surface area is 286 Å². The number of benzene rings is 4. The lowest BCUT2D eigenvalue weighted by atomic mass is 9.89. The molecule has 0 radical (unpaired) electrons. The first-order valence-corrected chi connectivity index (χ1v) is 17.2. The van der Waals surface area contributed by atoms with Crippen molar-refractivity contribution in [2.45, 2.75) is 64.4 Å². The van der Waals surface area contributed by atoms with Gasteiger partial charge in [0.05, 0.1) is 29.8 Å². The van der Waals surface area contributed by atoms with Gasteiger partial charge in [-0.2, -0.15) is 0 Å². The molecule has 9 nitrogen and oxygen atoms in total. The summed E-state index contributed by atoms with van der Waals surface area (Å²) in [5.74, 6) is 0.0105. The average molecular weight is 661 g/mol. The molecule has 4 aromatic carbocycles. The number of carbonyl (C=O) groups is 1. The molecule has 49 heavy (non-hydrogen) atoms. The lowest BCUT2D eigenvalue weighted by Crippen LogP contribution is -2.47. The number of aromatic nitrogens is 2. The van der Waals surface area contributed by atoms with Gasteiger partial charge in [0.2, 0.25) is 5.91 Å². The Morgan fingerprint density at radius 3 is 2.37 bits per heavy atom. The third kappa shape index (κ3) is 7.26. The second-order valence-corrected chi connectivity index (χ2v) is 13.4. The normalized spacial score (nSPS) is 21.9. The number of imidazole rings is 1. The van der Waals surface area contributed by atoms with Gasteiger partial charge >= 0.3 is 5.69 Å². The molecule has 1 amide bonds. The smallest absolute Gasteiger partial charge is 0.326 e. The fourth-order valence-corrected chi connectivity index (χ4v) is 7.33. The predicted octanol–water partition coefficient (Wildman–Crippen LogP) is 6.25. The molecule has 2 aliphatic heterocycles. The molecule has 254 valence electrons. The van der Waals surface area contributed by atoms with E-state index in [0.29, 0.717) is 6.54 Å². The van der Waals surface area contributed by atoms with E-state index >= 15 is 0 Å². The van der Waals surface area contributed by atoms with Gasteiger partial charge in [-0.05, 0) is 64.9 Å². The molecular weight excluding hydrogens is 616 g/mol. The van der Waals surface area contributed by atoms with Gasteiger partial charge in [0.15, 0.2) is 6.29 Å². The van der Waals surface area contributed by atoms with Crippen LogP contribution in [0.15, 0.2) is 102 Å². The highest BCUT2D eigenvalue weighted by molar-refractivity contribution is 5.75. The summed E-state index contributed by atoms with van der Waals surface area (Å²) in [6, 6.07) is 32.6. The van der Waals surface area contributed by atoms with Gasteiger partial charge in [0.25, 0.3) is 0 Å². The van der Waals surface area contributed by atoms with Crippen LogP contribution in [0.2, 0.25) is 0 Å². The quantitative estimate of drug-likeness (QED) is 0.173. The Kier molecular flexibility index (Phi) is 9.77. The van der Waals surface area contributed by atoms with E-state index in [0.717, 1.165) is 76.9 Å². The zero-order valence-electron chi connectivity index (χ0n) is 28.0. The lowest BCUT2D eigenvalue weighted by molar-refractivity contribution is -0.276. The van der Waals surface area contributed by atoms with Crippen LogP contribution in [0, 0.1) is 5.92 Å². The number of piperidine rings is 1. The van der Waals surface area contributed by atoms with Crippen LogP contribution in [-0.4, -0.2) is 51.2 Å². The molecular formula is C40H44N4O5. The number of aromatic amines is 1. The van der Waals surface area contributed by atoms with Gasteiger partial charge in [-0.1, -0.05) is 79.7 Å². The number of nitrogens with one attached hydrogen (secondary N) is 2. The van der Waals surface area contributed by atoms with Crippen molar-refractivity contribution < 1.29 is 19.4 Å². The van der Waals surface area contributed by atoms with Crippen LogP contribution in [0.5, 0.6) is 0 Å². The fourth-order valence-electron chi connectivity index (χ4n) is 7.33. The highest BCUT2D eigenvalue weighted by Crippen LogP contribution is 2.43. The number of carbonyl (C=O) groups excluding carboxylic acids is 1. The van der Waals surface area contributed by atoms with Crippen LogP contribution in [0.4, 0.5) is 0 Å². The summed E-state index contributed by atoms with van der Waals surface area (Å²) in [4.78, 5) is 29.8. The van der Waals surface area contributed by atoms with Crippen LogP contribution in [0.25, 0.3) is 22.2 Å². The molecule has 0 saturated carbocycles. The van der Waals surface area contributed by atoms with Gasteiger partial charge in [0.1, 0.15) is 0 Å². The summed E-state index contributed by atoms with van der Waals surface area (Å²) >= 11 is 0. The van der Waals surface area contributed by atoms with Gasteiger partial charge < -0.3 is 29.8 Å². The molecule has 0 aliphatic carbocycles. The SMILES string of the molecule is CC(=O)NCc1cccc(-c2cccc(C3OC(CN4CCC(n5c(=O)[nH]c6ccccc65)CC4)C(C)C(c4ccc(CO)cc4)O3)c2)c1. The summed E-state index contributed by atoms with van der Waals surface area (Å²) in [7, 11) is 0. The minimum atomic E-state index is -0.575. The second-order valence-electron chi connectivity index (χ2n) is 13.4. The molecule has 2 aliphatic rings. The summed E-state index contributed by atoms with van der Waals surface area (Å²) in [5.41, 5.74) is 7.79. The average Bonchev–Trinajstić information content (AvgIpc) is 3.47. The predicted molar refractivity (Wildman–Crippen MR) is 190 cm³/mol. The topological polar surface area (TPSA) is 109 Å². The number of rotatable bonds is 9. The minimum Gasteiger partial charge on any atom is -0.392 e. The van der Waals surface area contributed by atoms with Crippen LogP contribution in [0.1, 0.15) is 67.4 Å². The van der Waals surface area contributed by atoms with E-state index in [4.69, 9.17) is 9.47 Å². The molecule has 0 spiro atoms. The highest BCUT2D eigenvalue weighted by atomic mass is 16.7. The summed E-state index contributed by atoms with van der Waals surface area (Å²) in [6.45, 7) is 6.69. The first-order valence-electron chi connectivity index (χ1n) is 17.2. The number of hydrogen-bond acceptors (Lipinski definition) is 6. The van der Waals surface area contributed by atoms with Crippen molar-refractivity contribution in [3.8, 4) is 11.1 Å². The van der Waals surface area contributed by atoms with Crippen LogP contribution < -0.4 is 11.0 Å². The molecule has 7 rings (SSSR count). The van der Waals surface area contributed by atoms with E-state index in [2.05, 4.69) is 52.5 Å². The molecule has 3 N–H and O–H groups in total. The van der Waals surface area contributed by atoms with Gasteiger partial charge in [-0.25, -0.2) is 4.79 Å². The fraction of sp³-hybridized carbons (Fsp3) is 0.350. The number of aliphatic hydroxyl groups excluding tert-OH is 1. The van der Waals surface area contributed by atoms with Crippen molar-refractivity contribution in [1.82, 2.24) is 19.8 Å². The number of H-pyrrole nitrogens is 1. The highest BCUT2D eigenvalue weighted by Gasteiger charge is 2.39. The zero-order chi connectivity index (χ0) is 33.9. The van der Waals surface area contributed by atoms with Crippen molar-refractivity contribution >= 4 is 16.9 Å². The van der Waals surface area contributed by atoms with Crippen molar-refractivity contribution in [2.75, 3.05) is 19.6 Å². The van der Waals surface area contributed by atoms with Crippen molar-refractivity contribution in [3.05, 3.63) is 130 Å². The van der Waals surface area contributed by atoms with Crippen LogP contribution in [0.3, 0.4) is 0 Å². The summed E-state index contributed by atoms with van der Waals surface area (Å²) in [6.07, 6.45) is 0.894. The Morgan fingerprint density at radius 2 is 1.61 bits per heavy atom. The maximum atomic E-state index is 12.9. The van der Waals surface area contributed by atoms with E-state index in [-0.39, 0.29) is 42.4 Å². The molecule has 0 bridgehead atoms. The number of hydrogen-bond donors (Lipinski definition) is 3. The maximum absolute atomic E-state index is 12.9. The number of nitrogens with zero attached hydrogens (tertiary/aromatic N) is 2. The van der Waals surface area contributed by atoms with Crippen molar-refractivity contribution in [2.24, 2.45) is 5.92 Å². The number of aliphatic hydroxyl groups is 1. The lowest BCUT2D eigenvalue weighted by Gasteiger charge is -2.44. The number of fused-ring (bicyclic) bond motifs is 1. The van der Waals surface area contributed by atoms with Crippen molar-refractivity contribution in [3.63, 3.8) is 0 Å². The molecule has 4 unspecified atom stereocenters. The summed E-state index contributed by atoms with van der Waals surface area (Å²) in [5, 5.41) is 12.5. The Bertz CT molecular complexity index is 1960. The third-order valence-corrected chi connectivity index (χ3v) is 10.1. The number of ether oxygens (including phenoxy) is 2. The number of amides is 1. The largest absolute Gasteiger partial charge is 0.392 e. The van der Waals surface area contributed by atoms with Gasteiger partial charge in [-0.3, -0.25) is 9.36 Å².